The summed E-state index contributed by atoms with van der Waals surface area (Å²) >= 11 is 1.23. The lowest BCUT2D eigenvalue weighted by molar-refractivity contribution is -0.151. The SMILES string of the molecule is C[C@@H]1[C@H](C)CCC[C@@H]1N1C[C@H](C(=O)OCC(=O)Nc2sccc2C#N)CC1=O. The summed E-state index contributed by atoms with van der Waals surface area (Å²) in [5.41, 5.74) is 0.373. The number of carbonyl (C=O) groups excluding carboxylic acids is 3. The van der Waals surface area contributed by atoms with E-state index in [2.05, 4.69) is 19.2 Å². The van der Waals surface area contributed by atoms with Gasteiger partial charge in [0, 0.05) is 19.0 Å². The van der Waals surface area contributed by atoms with E-state index in [9.17, 15) is 14.4 Å². The third-order valence-corrected chi connectivity index (χ3v) is 6.77. The molecule has 3 rings (SSSR count). The van der Waals surface area contributed by atoms with Crippen molar-refractivity contribution in [2.75, 3.05) is 18.5 Å². The van der Waals surface area contributed by atoms with Gasteiger partial charge in [-0.15, -0.1) is 11.3 Å². The molecule has 0 spiro atoms. The van der Waals surface area contributed by atoms with E-state index in [1.54, 1.807) is 11.4 Å². The van der Waals surface area contributed by atoms with Gasteiger partial charge in [-0.25, -0.2) is 0 Å². The molecule has 150 valence electrons. The highest BCUT2D eigenvalue weighted by Crippen LogP contribution is 2.35. The maximum atomic E-state index is 12.5. The minimum Gasteiger partial charge on any atom is -0.455 e. The quantitative estimate of drug-likeness (QED) is 0.762. The zero-order valence-electron chi connectivity index (χ0n) is 16.1. The van der Waals surface area contributed by atoms with Gasteiger partial charge in [-0.2, -0.15) is 5.26 Å². The van der Waals surface area contributed by atoms with Crippen LogP contribution in [0.25, 0.3) is 0 Å². The van der Waals surface area contributed by atoms with Crippen LogP contribution in [0.3, 0.4) is 0 Å². The van der Waals surface area contributed by atoms with Gasteiger partial charge in [0.05, 0.1) is 11.5 Å². The summed E-state index contributed by atoms with van der Waals surface area (Å²) in [6.07, 6.45) is 3.39. The third kappa shape index (κ3) is 4.36. The third-order valence-electron chi connectivity index (χ3n) is 5.94. The number of amides is 2. The molecule has 4 atom stereocenters. The predicted molar refractivity (Wildman–Crippen MR) is 104 cm³/mol. The standard InChI is InChI=1S/C20H25N3O4S/c1-12-4-3-5-16(13(12)2)23-10-15(8-18(23)25)20(26)27-11-17(24)22-19-14(9-21)6-7-28-19/h6-7,12-13,15-16H,3-5,8,10-11H2,1-2H3,(H,22,24)/t12-,13-,15-,16+/m1/s1. The molecule has 0 radical (unpaired) electrons. The molecule has 1 aromatic heterocycles. The van der Waals surface area contributed by atoms with Crippen molar-refractivity contribution in [2.24, 2.45) is 17.8 Å². The van der Waals surface area contributed by atoms with Crippen molar-refractivity contribution in [2.45, 2.75) is 45.6 Å². The lowest BCUT2D eigenvalue weighted by Crippen LogP contribution is -2.45. The summed E-state index contributed by atoms with van der Waals surface area (Å²) in [5, 5.41) is 13.7. The molecule has 0 unspecified atom stereocenters. The number of carbonyl (C=O) groups is 3. The highest BCUT2D eigenvalue weighted by molar-refractivity contribution is 7.14. The molecule has 1 aliphatic heterocycles. The van der Waals surface area contributed by atoms with Crippen LogP contribution in [0.4, 0.5) is 5.00 Å². The number of likely N-dealkylation sites (tertiary alicyclic amines) is 1. The molecule has 2 aliphatic rings. The molecule has 1 N–H and O–H groups in total. The number of anilines is 1. The lowest BCUT2D eigenvalue weighted by Gasteiger charge is -2.39. The highest BCUT2D eigenvalue weighted by atomic mass is 32.1. The molecule has 0 aromatic carbocycles. The Morgan fingerprint density at radius 3 is 2.93 bits per heavy atom. The molecule has 0 bridgehead atoms. The summed E-state index contributed by atoms with van der Waals surface area (Å²) in [6, 6.07) is 3.77. The van der Waals surface area contributed by atoms with Gasteiger partial charge in [-0.05, 0) is 29.7 Å². The van der Waals surface area contributed by atoms with Crippen molar-refractivity contribution in [1.82, 2.24) is 4.90 Å². The minimum atomic E-state index is -0.527. The van der Waals surface area contributed by atoms with Gasteiger partial charge in [0.2, 0.25) is 5.91 Å². The molecule has 8 heteroatoms. The number of hydrogen-bond donors (Lipinski definition) is 1. The van der Waals surface area contributed by atoms with Crippen LogP contribution in [-0.4, -0.2) is 41.9 Å². The molecule has 7 nitrogen and oxygen atoms in total. The Morgan fingerprint density at radius 1 is 1.39 bits per heavy atom. The average molecular weight is 404 g/mol. The second-order valence-corrected chi connectivity index (χ2v) is 8.63. The zero-order valence-corrected chi connectivity index (χ0v) is 17.0. The van der Waals surface area contributed by atoms with Crippen molar-refractivity contribution in [3.05, 3.63) is 17.0 Å². The maximum Gasteiger partial charge on any atom is 0.311 e. The first-order valence-corrected chi connectivity index (χ1v) is 10.5. The van der Waals surface area contributed by atoms with E-state index in [-0.39, 0.29) is 18.4 Å². The molecule has 2 fully saturated rings. The molecule has 2 amide bonds. The molecular formula is C20H25N3O4S. The average Bonchev–Trinajstić information content (AvgIpc) is 3.28. The van der Waals surface area contributed by atoms with E-state index in [0.29, 0.717) is 28.9 Å². The van der Waals surface area contributed by atoms with E-state index >= 15 is 0 Å². The first-order valence-electron chi connectivity index (χ1n) is 9.64. The van der Waals surface area contributed by atoms with Crippen LogP contribution < -0.4 is 5.32 Å². The molecule has 1 saturated heterocycles. The van der Waals surface area contributed by atoms with Crippen LogP contribution in [0.15, 0.2) is 11.4 Å². The van der Waals surface area contributed by atoms with Gasteiger partial charge in [0.25, 0.3) is 5.91 Å². The largest absolute Gasteiger partial charge is 0.455 e. The second kappa shape index (κ2) is 8.74. The Bertz CT molecular complexity index is 800. The van der Waals surface area contributed by atoms with Crippen LogP contribution in [0.5, 0.6) is 0 Å². The minimum absolute atomic E-state index is 0.00500. The van der Waals surface area contributed by atoms with Crippen molar-refractivity contribution < 1.29 is 19.1 Å². The van der Waals surface area contributed by atoms with Crippen molar-refractivity contribution in [1.29, 1.82) is 5.26 Å². The Morgan fingerprint density at radius 2 is 2.18 bits per heavy atom. The number of thiophene rings is 1. The fraction of sp³-hybridized carbons (Fsp3) is 0.600. The zero-order chi connectivity index (χ0) is 20.3. The van der Waals surface area contributed by atoms with E-state index in [1.165, 1.54) is 17.8 Å². The molecule has 1 saturated carbocycles. The van der Waals surface area contributed by atoms with Gasteiger partial charge in [0.15, 0.2) is 6.61 Å². The number of ether oxygens (including phenoxy) is 1. The molecule has 28 heavy (non-hydrogen) atoms. The van der Waals surface area contributed by atoms with Crippen LogP contribution in [0, 0.1) is 29.1 Å². The van der Waals surface area contributed by atoms with E-state index < -0.39 is 24.4 Å². The van der Waals surface area contributed by atoms with E-state index in [4.69, 9.17) is 10.00 Å². The van der Waals surface area contributed by atoms with E-state index in [0.717, 1.165) is 12.8 Å². The summed E-state index contributed by atoms with van der Waals surface area (Å²) < 4.78 is 5.13. The van der Waals surface area contributed by atoms with Crippen molar-refractivity contribution in [3.8, 4) is 6.07 Å². The van der Waals surface area contributed by atoms with Crippen molar-refractivity contribution >= 4 is 34.1 Å². The Labute approximate surface area is 168 Å². The monoisotopic (exact) mass is 403 g/mol. The van der Waals surface area contributed by atoms with Crippen molar-refractivity contribution in [3.63, 3.8) is 0 Å². The van der Waals surface area contributed by atoms with Crippen LogP contribution >= 0.6 is 11.3 Å². The summed E-state index contributed by atoms with van der Waals surface area (Å²) in [5.74, 6) is -0.566. The Balaban J connectivity index is 1.50. The van der Waals surface area contributed by atoms with Gasteiger partial charge in [0.1, 0.15) is 11.1 Å². The smallest absolute Gasteiger partial charge is 0.311 e. The predicted octanol–water partition coefficient (Wildman–Crippen LogP) is 2.77. The fourth-order valence-corrected chi connectivity index (χ4v) is 4.87. The maximum absolute atomic E-state index is 12.5. The first kappa shape index (κ1) is 20.3. The summed E-state index contributed by atoms with van der Waals surface area (Å²) in [4.78, 5) is 38.7. The fourth-order valence-electron chi connectivity index (χ4n) is 4.12. The van der Waals surface area contributed by atoms with Crippen LogP contribution in [0.1, 0.15) is 45.1 Å². The number of esters is 1. The van der Waals surface area contributed by atoms with E-state index in [1.807, 2.05) is 11.0 Å². The number of rotatable bonds is 5. The summed E-state index contributed by atoms with van der Waals surface area (Å²) in [7, 11) is 0. The number of nitriles is 1. The second-order valence-electron chi connectivity index (χ2n) is 7.71. The van der Waals surface area contributed by atoms with Gasteiger partial charge in [-0.3, -0.25) is 14.4 Å². The number of nitrogens with one attached hydrogen (secondary N) is 1. The molecule has 1 aromatic rings. The summed E-state index contributed by atoms with van der Waals surface area (Å²) in [6.45, 7) is 4.33. The van der Waals surface area contributed by atoms with Gasteiger partial charge < -0.3 is 15.0 Å². The number of hydrogen-bond acceptors (Lipinski definition) is 6. The molecular weight excluding hydrogens is 378 g/mol. The van der Waals surface area contributed by atoms with Gasteiger partial charge in [-0.1, -0.05) is 26.7 Å². The Hall–Kier alpha value is -2.40. The highest BCUT2D eigenvalue weighted by Gasteiger charge is 2.42. The topological polar surface area (TPSA) is 99.5 Å². The number of nitrogens with zero attached hydrogens (tertiary/aromatic N) is 2. The Kier molecular flexibility index (Phi) is 6.35. The molecule has 2 heterocycles. The van der Waals surface area contributed by atoms with Gasteiger partial charge >= 0.3 is 5.97 Å². The lowest BCUT2D eigenvalue weighted by atomic mass is 9.77. The van der Waals surface area contributed by atoms with Crippen LogP contribution in [0.2, 0.25) is 0 Å². The molecule has 1 aliphatic carbocycles. The van der Waals surface area contributed by atoms with Crippen LogP contribution in [-0.2, 0) is 19.1 Å². The first-order chi connectivity index (χ1) is 13.4. The normalized spacial score (nSPS) is 27.3.